The maximum Gasteiger partial charge on any atom is 0.460 e. The van der Waals surface area contributed by atoms with Crippen LogP contribution in [0.15, 0.2) is 24.3 Å². The van der Waals surface area contributed by atoms with Gasteiger partial charge in [0.1, 0.15) is 0 Å². The van der Waals surface area contributed by atoms with Crippen LogP contribution in [0.2, 0.25) is 0 Å². The number of hydrogen-bond donors (Lipinski definition) is 0. The minimum atomic E-state index is -7.06. The normalized spacial score (nSPS) is 21.3. The minimum absolute atomic E-state index is 0.324. The molecule has 0 bridgehead atoms. The molecule has 168 valence electrons. The van der Waals surface area contributed by atoms with E-state index in [1.165, 1.54) is 26.0 Å². The molecule has 30 heavy (non-hydrogen) atoms. The van der Waals surface area contributed by atoms with Crippen LogP contribution in [0.1, 0.15) is 43.1 Å². The van der Waals surface area contributed by atoms with E-state index in [0.29, 0.717) is 11.8 Å². The van der Waals surface area contributed by atoms with Crippen molar-refractivity contribution in [2.45, 2.75) is 62.6 Å². The van der Waals surface area contributed by atoms with Crippen molar-refractivity contribution in [2.75, 3.05) is 0 Å². The zero-order valence-electron chi connectivity index (χ0n) is 15.8. The summed E-state index contributed by atoms with van der Waals surface area (Å²) in [4.78, 5) is 25.8. The van der Waals surface area contributed by atoms with Crippen molar-refractivity contribution in [1.82, 2.24) is 4.90 Å². The lowest BCUT2D eigenvalue weighted by Crippen LogP contribution is -2.64. The second-order valence-electron chi connectivity index (χ2n) is 7.48. The van der Waals surface area contributed by atoms with Crippen molar-refractivity contribution in [2.24, 2.45) is 0 Å². The lowest BCUT2D eigenvalue weighted by molar-refractivity contribution is -0.397. The summed E-state index contributed by atoms with van der Waals surface area (Å²) in [5, 5.41) is 0. The molecule has 0 saturated carbocycles. The van der Waals surface area contributed by atoms with Crippen LogP contribution in [0.25, 0.3) is 0 Å². The third kappa shape index (κ3) is 3.24. The molecule has 0 aliphatic carbocycles. The summed E-state index contributed by atoms with van der Waals surface area (Å²) in [5.41, 5.74) is -3.47. The van der Waals surface area contributed by atoms with Gasteiger partial charge in [0.2, 0.25) is 5.91 Å². The van der Waals surface area contributed by atoms with Gasteiger partial charge in [-0.1, -0.05) is 18.2 Å². The highest BCUT2D eigenvalue weighted by molar-refractivity contribution is 6.13. The number of benzene rings is 1. The molecule has 0 N–H and O–H groups in total. The summed E-state index contributed by atoms with van der Waals surface area (Å²) in [6, 6.07) is 3.64. The number of carbonyl (C=O) groups excluding carboxylic acids is 2. The molecule has 0 aromatic heterocycles. The SMILES string of the molecule is CC(C)N1C(=O)c2ccccc2C(C)(CC(F)(F)C(F)(F)C(F)(F)C(F)(F)F)C1=O. The van der Waals surface area contributed by atoms with E-state index < -0.39 is 59.2 Å². The van der Waals surface area contributed by atoms with Crippen LogP contribution < -0.4 is 0 Å². The molecule has 0 spiro atoms. The molecule has 3 nitrogen and oxygen atoms in total. The quantitative estimate of drug-likeness (QED) is 0.458. The molecule has 0 fully saturated rings. The fraction of sp³-hybridized carbons (Fsp3) is 0.556. The Morgan fingerprint density at radius 2 is 1.40 bits per heavy atom. The lowest BCUT2D eigenvalue weighted by atomic mass is 9.70. The first-order valence-corrected chi connectivity index (χ1v) is 8.50. The third-order valence-electron chi connectivity index (χ3n) is 4.96. The highest BCUT2D eigenvalue weighted by atomic mass is 19.4. The molecule has 2 amide bonds. The number of hydrogen-bond acceptors (Lipinski definition) is 2. The number of halogens is 9. The molecule has 2 rings (SSSR count). The largest absolute Gasteiger partial charge is 0.460 e. The Kier molecular flexibility index (Phi) is 5.50. The van der Waals surface area contributed by atoms with Crippen LogP contribution in [0.4, 0.5) is 39.5 Å². The molecule has 1 aromatic carbocycles. The zero-order chi connectivity index (χ0) is 23.5. The van der Waals surface area contributed by atoms with E-state index in [0.717, 1.165) is 12.1 Å². The topological polar surface area (TPSA) is 37.4 Å². The van der Waals surface area contributed by atoms with Gasteiger partial charge in [-0.05, 0) is 32.4 Å². The summed E-state index contributed by atoms with van der Waals surface area (Å²) in [5.74, 6) is -22.2. The summed E-state index contributed by atoms with van der Waals surface area (Å²) < 4.78 is 120. The van der Waals surface area contributed by atoms with Gasteiger partial charge >= 0.3 is 23.9 Å². The molecular weight excluding hydrogens is 433 g/mol. The number of fused-ring (bicyclic) bond motifs is 1. The molecule has 0 radical (unpaired) electrons. The summed E-state index contributed by atoms with van der Waals surface area (Å²) >= 11 is 0. The molecule has 1 aromatic rings. The van der Waals surface area contributed by atoms with Crippen LogP contribution in [-0.4, -0.2) is 46.7 Å². The second-order valence-corrected chi connectivity index (χ2v) is 7.48. The third-order valence-corrected chi connectivity index (χ3v) is 4.96. The van der Waals surface area contributed by atoms with E-state index in [-0.39, 0.29) is 5.56 Å². The molecule has 1 aliphatic rings. The summed E-state index contributed by atoms with van der Waals surface area (Å²) in [6.07, 6.45) is -9.35. The maximum atomic E-state index is 14.4. The first kappa shape index (κ1) is 24.0. The average molecular weight is 449 g/mol. The van der Waals surface area contributed by atoms with Crippen LogP contribution >= 0.6 is 0 Å². The highest BCUT2D eigenvalue weighted by Gasteiger charge is 2.82. The Balaban J connectivity index is 2.65. The molecule has 1 aliphatic heterocycles. The number of nitrogens with zero attached hydrogens (tertiary/aromatic N) is 1. The number of alkyl halides is 9. The molecule has 12 heteroatoms. The molecule has 0 saturated heterocycles. The first-order valence-electron chi connectivity index (χ1n) is 8.50. The Hall–Kier alpha value is -2.27. The van der Waals surface area contributed by atoms with Crippen molar-refractivity contribution in [3.05, 3.63) is 35.4 Å². The number of carbonyl (C=O) groups is 2. The standard InChI is InChI=1S/C18H16F9NO2/c1-9(2)28-12(29)10-6-4-5-7-11(10)14(3,13(28)30)8-15(19,20)16(21,22)17(23,24)18(25,26)27/h4-7,9H,8H2,1-3H3. The van der Waals surface area contributed by atoms with Gasteiger partial charge in [0, 0.05) is 18.0 Å². The number of imide groups is 1. The van der Waals surface area contributed by atoms with Gasteiger partial charge in [-0.15, -0.1) is 0 Å². The van der Waals surface area contributed by atoms with E-state index >= 15 is 0 Å². The van der Waals surface area contributed by atoms with Crippen LogP contribution in [0, 0.1) is 0 Å². The van der Waals surface area contributed by atoms with Crippen molar-refractivity contribution in [3.63, 3.8) is 0 Å². The van der Waals surface area contributed by atoms with Crippen molar-refractivity contribution in [1.29, 1.82) is 0 Å². The second kappa shape index (κ2) is 6.88. The van der Waals surface area contributed by atoms with Gasteiger partial charge < -0.3 is 0 Å². The lowest BCUT2D eigenvalue weighted by Gasteiger charge is -2.44. The van der Waals surface area contributed by atoms with Gasteiger partial charge in [0.15, 0.2) is 0 Å². The number of rotatable bonds is 5. The summed E-state index contributed by atoms with van der Waals surface area (Å²) in [7, 11) is 0. The monoisotopic (exact) mass is 449 g/mol. The van der Waals surface area contributed by atoms with Crippen LogP contribution in [0.3, 0.4) is 0 Å². The van der Waals surface area contributed by atoms with Crippen LogP contribution in [-0.2, 0) is 10.2 Å². The van der Waals surface area contributed by atoms with Gasteiger partial charge in [-0.25, -0.2) is 0 Å². The van der Waals surface area contributed by atoms with Gasteiger partial charge in [0.25, 0.3) is 5.91 Å². The Morgan fingerprint density at radius 1 is 0.900 bits per heavy atom. The van der Waals surface area contributed by atoms with Crippen molar-refractivity contribution in [3.8, 4) is 0 Å². The smallest absolute Gasteiger partial charge is 0.275 e. The number of amides is 2. The van der Waals surface area contributed by atoms with Crippen molar-refractivity contribution >= 4 is 11.8 Å². The van der Waals surface area contributed by atoms with Crippen LogP contribution in [0.5, 0.6) is 0 Å². The van der Waals surface area contributed by atoms with E-state index in [9.17, 15) is 49.1 Å². The van der Waals surface area contributed by atoms with Gasteiger partial charge in [-0.3, -0.25) is 14.5 Å². The highest BCUT2D eigenvalue weighted by Crippen LogP contribution is 2.56. The average Bonchev–Trinajstić information content (AvgIpc) is 2.58. The molecule has 1 unspecified atom stereocenters. The van der Waals surface area contributed by atoms with E-state index in [1.807, 2.05) is 0 Å². The fourth-order valence-electron chi connectivity index (χ4n) is 3.36. The minimum Gasteiger partial charge on any atom is -0.275 e. The fourth-order valence-corrected chi connectivity index (χ4v) is 3.36. The van der Waals surface area contributed by atoms with E-state index in [4.69, 9.17) is 0 Å². The maximum absolute atomic E-state index is 14.4. The molecular formula is C18H16F9NO2. The Morgan fingerprint density at radius 3 is 1.87 bits per heavy atom. The zero-order valence-corrected chi connectivity index (χ0v) is 15.8. The predicted molar refractivity (Wildman–Crippen MR) is 85.6 cm³/mol. The van der Waals surface area contributed by atoms with E-state index in [1.54, 1.807) is 0 Å². The molecule has 1 atom stereocenters. The summed E-state index contributed by atoms with van der Waals surface area (Å²) in [6.45, 7) is 3.33. The predicted octanol–water partition coefficient (Wildman–Crippen LogP) is 5.19. The Bertz CT molecular complexity index is 863. The van der Waals surface area contributed by atoms with Gasteiger partial charge in [-0.2, -0.15) is 39.5 Å². The van der Waals surface area contributed by atoms with E-state index in [2.05, 4.69) is 0 Å². The molecule has 1 heterocycles. The van der Waals surface area contributed by atoms with Crippen molar-refractivity contribution < 1.29 is 49.1 Å². The first-order chi connectivity index (χ1) is 13.3. The van der Waals surface area contributed by atoms with Gasteiger partial charge in [0.05, 0.1) is 5.41 Å². The Labute approximate surface area is 164 Å².